The molecule has 0 bridgehead atoms. The molecule has 1 fully saturated rings. The number of nitrogens with zero attached hydrogens (tertiary/aromatic N) is 2. The smallest absolute Gasteiger partial charge is 0.244 e. The Kier molecular flexibility index (Phi) is 9.86. The van der Waals surface area contributed by atoms with Crippen molar-refractivity contribution in [2.75, 3.05) is 17.1 Å². The minimum Gasteiger partial charge on any atom is -0.352 e. The number of hydrogen-bond acceptors (Lipinski definition) is 4. The van der Waals surface area contributed by atoms with Gasteiger partial charge in [0.05, 0.1) is 11.9 Å². The fourth-order valence-corrected chi connectivity index (χ4v) is 6.26. The largest absolute Gasteiger partial charge is 0.352 e. The third-order valence-electron chi connectivity index (χ3n) is 7.87. The van der Waals surface area contributed by atoms with E-state index in [0.29, 0.717) is 12.1 Å². The van der Waals surface area contributed by atoms with Gasteiger partial charge < -0.3 is 10.2 Å². The first kappa shape index (κ1) is 30.3. The van der Waals surface area contributed by atoms with Crippen molar-refractivity contribution in [2.45, 2.75) is 71.5 Å². The first-order chi connectivity index (χ1) is 19.5. The second kappa shape index (κ2) is 13.3. The van der Waals surface area contributed by atoms with E-state index < -0.39 is 28.5 Å². The molecule has 0 radical (unpaired) electrons. The number of rotatable bonds is 11. The molecule has 3 aromatic carbocycles. The summed E-state index contributed by atoms with van der Waals surface area (Å²) in [5.74, 6) is -0.642. The topological polar surface area (TPSA) is 86.8 Å². The number of amides is 2. The molecular formula is C33H41N3O4S. The lowest BCUT2D eigenvalue weighted by molar-refractivity contribution is -0.140. The van der Waals surface area contributed by atoms with Gasteiger partial charge in [0.2, 0.25) is 21.8 Å². The van der Waals surface area contributed by atoms with Crippen LogP contribution in [-0.4, -0.2) is 50.0 Å². The van der Waals surface area contributed by atoms with Crippen LogP contribution in [0.15, 0.2) is 72.8 Å². The molecule has 8 heteroatoms. The highest BCUT2D eigenvalue weighted by molar-refractivity contribution is 7.92. The molecular weight excluding hydrogens is 534 g/mol. The predicted molar refractivity (Wildman–Crippen MR) is 164 cm³/mol. The third kappa shape index (κ3) is 8.19. The lowest BCUT2D eigenvalue weighted by atomic mass is 10.0. The van der Waals surface area contributed by atoms with Gasteiger partial charge in [-0.2, -0.15) is 0 Å². The van der Waals surface area contributed by atoms with E-state index in [-0.39, 0.29) is 18.5 Å². The monoisotopic (exact) mass is 575 g/mol. The molecule has 2 amide bonds. The molecule has 0 spiro atoms. The summed E-state index contributed by atoms with van der Waals surface area (Å²) < 4.78 is 27.1. The molecule has 41 heavy (non-hydrogen) atoms. The molecule has 1 aliphatic carbocycles. The average molecular weight is 576 g/mol. The SMILES string of the molecule is Cc1cccc(CN(C(=O)CN(c2ccc(C)c(C)c2)S(C)(=O)=O)C(Cc2ccccc2)C(=O)NC2CCCC2)c1. The Hall–Kier alpha value is -3.65. The Balaban J connectivity index is 1.73. The van der Waals surface area contributed by atoms with Crippen molar-refractivity contribution in [3.05, 3.63) is 101 Å². The van der Waals surface area contributed by atoms with Crippen molar-refractivity contribution in [3.63, 3.8) is 0 Å². The first-order valence-corrected chi connectivity index (χ1v) is 16.1. The minimum atomic E-state index is -3.79. The van der Waals surface area contributed by atoms with Crippen molar-refractivity contribution in [3.8, 4) is 0 Å². The maximum atomic E-state index is 14.2. The molecule has 7 nitrogen and oxygen atoms in total. The van der Waals surface area contributed by atoms with Crippen LogP contribution in [0.5, 0.6) is 0 Å². The van der Waals surface area contributed by atoms with Gasteiger partial charge in [-0.15, -0.1) is 0 Å². The zero-order valence-electron chi connectivity index (χ0n) is 24.5. The Morgan fingerprint density at radius 3 is 2.20 bits per heavy atom. The van der Waals surface area contributed by atoms with Crippen molar-refractivity contribution in [1.82, 2.24) is 10.2 Å². The number of aryl methyl sites for hydroxylation is 3. The number of benzene rings is 3. The molecule has 1 aliphatic rings. The number of nitrogens with one attached hydrogen (secondary N) is 1. The van der Waals surface area contributed by atoms with Gasteiger partial charge in [-0.3, -0.25) is 13.9 Å². The van der Waals surface area contributed by atoms with Crippen LogP contribution in [0, 0.1) is 20.8 Å². The summed E-state index contributed by atoms with van der Waals surface area (Å²) in [5, 5.41) is 3.20. The molecule has 1 atom stereocenters. The highest BCUT2D eigenvalue weighted by Crippen LogP contribution is 2.24. The Morgan fingerprint density at radius 2 is 1.56 bits per heavy atom. The van der Waals surface area contributed by atoms with E-state index >= 15 is 0 Å². The van der Waals surface area contributed by atoms with Crippen LogP contribution in [0.25, 0.3) is 0 Å². The highest BCUT2D eigenvalue weighted by atomic mass is 32.2. The molecule has 218 valence electrons. The summed E-state index contributed by atoms with van der Waals surface area (Å²) in [4.78, 5) is 29.7. The van der Waals surface area contributed by atoms with E-state index in [1.807, 2.05) is 81.4 Å². The normalized spacial score (nSPS) is 14.4. The van der Waals surface area contributed by atoms with E-state index in [4.69, 9.17) is 0 Å². The zero-order valence-corrected chi connectivity index (χ0v) is 25.3. The van der Waals surface area contributed by atoms with Crippen molar-refractivity contribution in [2.24, 2.45) is 0 Å². The van der Waals surface area contributed by atoms with Gasteiger partial charge in [-0.1, -0.05) is 79.1 Å². The summed E-state index contributed by atoms with van der Waals surface area (Å²) in [7, 11) is -3.79. The lowest BCUT2D eigenvalue weighted by Gasteiger charge is -2.34. The lowest BCUT2D eigenvalue weighted by Crippen LogP contribution is -2.54. The van der Waals surface area contributed by atoms with Gasteiger partial charge in [0, 0.05) is 19.0 Å². The Labute approximate surface area is 244 Å². The van der Waals surface area contributed by atoms with Gasteiger partial charge in [0.15, 0.2) is 0 Å². The molecule has 0 aromatic heterocycles. The Bertz CT molecular complexity index is 1470. The molecule has 0 aliphatic heterocycles. The number of carbonyl (C=O) groups is 2. The van der Waals surface area contributed by atoms with Crippen LogP contribution in [-0.2, 0) is 32.6 Å². The van der Waals surface area contributed by atoms with Crippen LogP contribution >= 0.6 is 0 Å². The van der Waals surface area contributed by atoms with Crippen LogP contribution < -0.4 is 9.62 Å². The quantitative estimate of drug-likeness (QED) is 0.346. The summed E-state index contributed by atoms with van der Waals surface area (Å²) in [6, 6.07) is 22.1. The van der Waals surface area contributed by atoms with Gasteiger partial charge >= 0.3 is 0 Å². The van der Waals surface area contributed by atoms with Crippen molar-refractivity contribution < 1.29 is 18.0 Å². The van der Waals surface area contributed by atoms with E-state index in [2.05, 4.69) is 5.32 Å². The minimum absolute atomic E-state index is 0.0831. The number of anilines is 1. The van der Waals surface area contributed by atoms with Crippen LogP contribution in [0.1, 0.15) is 53.5 Å². The van der Waals surface area contributed by atoms with Gasteiger partial charge in [0.1, 0.15) is 12.6 Å². The van der Waals surface area contributed by atoms with Crippen LogP contribution in [0.2, 0.25) is 0 Å². The molecule has 1 unspecified atom stereocenters. The fraction of sp³-hybridized carbons (Fsp3) is 0.394. The van der Waals surface area contributed by atoms with Gasteiger partial charge in [-0.25, -0.2) is 8.42 Å². The van der Waals surface area contributed by atoms with E-state index in [1.54, 1.807) is 17.0 Å². The molecule has 4 rings (SSSR count). The Morgan fingerprint density at radius 1 is 0.878 bits per heavy atom. The molecule has 0 saturated heterocycles. The highest BCUT2D eigenvalue weighted by Gasteiger charge is 2.34. The summed E-state index contributed by atoms with van der Waals surface area (Å²) in [6.07, 6.45) is 5.40. The van der Waals surface area contributed by atoms with E-state index in [9.17, 15) is 18.0 Å². The maximum Gasteiger partial charge on any atom is 0.244 e. The number of hydrogen-bond donors (Lipinski definition) is 1. The van der Waals surface area contributed by atoms with Crippen LogP contribution in [0.3, 0.4) is 0 Å². The fourth-order valence-electron chi connectivity index (χ4n) is 5.42. The second-order valence-electron chi connectivity index (χ2n) is 11.2. The van der Waals surface area contributed by atoms with Gasteiger partial charge in [-0.05, 0) is 68.0 Å². The first-order valence-electron chi connectivity index (χ1n) is 14.3. The summed E-state index contributed by atoms with van der Waals surface area (Å²) in [6.45, 7) is 5.62. The maximum absolute atomic E-state index is 14.2. The van der Waals surface area contributed by atoms with E-state index in [1.165, 1.54) is 0 Å². The molecule has 3 aromatic rings. The van der Waals surface area contributed by atoms with Crippen LogP contribution in [0.4, 0.5) is 5.69 Å². The van der Waals surface area contributed by atoms with Crippen molar-refractivity contribution in [1.29, 1.82) is 0 Å². The molecule has 1 N–H and O–H groups in total. The second-order valence-corrected chi connectivity index (χ2v) is 13.2. The average Bonchev–Trinajstić information content (AvgIpc) is 3.44. The van der Waals surface area contributed by atoms with Crippen molar-refractivity contribution >= 4 is 27.5 Å². The van der Waals surface area contributed by atoms with Gasteiger partial charge in [0.25, 0.3) is 0 Å². The molecule has 0 heterocycles. The predicted octanol–water partition coefficient (Wildman–Crippen LogP) is 5.08. The molecule has 1 saturated carbocycles. The summed E-state index contributed by atoms with van der Waals surface area (Å²) in [5.41, 5.74) is 5.23. The summed E-state index contributed by atoms with van der Waals surface area (Å²) >= 11 is 0. The third-order valence-corrected chi connectivity index (χ3v) is 9.01. The number of sulfonamides is 1. The van der Waals surface area contributed by atoms with E-state index in [0.717, 1.165) is 64.1 Å². The standard InChI is InChI=1S/C33H41N3O4S/c1-24-11-10-14-28(19-24)22-35(32(37)23-36(41(4,39)40)30-18-17-25(2)26(3)20-30)31(21-27-12-6-5-7-13-27)33(38)34-29-15-8-9-16-29/h5-7,10-14,17-20,29,31H,8-9,15-16,21-23H2,1-4H3,(H,34,38). The zero-order chi connectivity index (χ0) is 29.6. The number of carbonyl (C=O) groups excluding carboxylic acids is 2.